The van der Waals surface area contributed by atoms with Crippen LogP contribution in [0.4, 0.5) is 5.95 Å². The van der Waals surface area contributed by atoms with Gasteiger partial charge >= 0.3 is 0 Å². The summed E-state index contributed by atoms with van der Waals surface area (Å²) < 4.78 is 14.3. The van der Waals surface area contributed by atoms with Crippen LogP contribution in [0.5, 0.6) is 11.5 Å². The molecule has 2 heterocycles. The Hall–Kier alpha value is -2.29. The van der Waals surface area contributed by atoms with E-state index >= 15 is 0 Å². The molecule has 0 saturated carbocycles. The lowest BCUT2D eigenvalue weighted by Crippen LogP contribution is -2.28. The number of fused-ring (bicyclic) bond motifs is 1. The number of aromatic nitrogens is 3. The highest BCUT2D eigenvalue weighted by atomic mass is 127. The van der Waals surface area contributed by atoms with E-state index < -0.39 is 0 Å². The van der Waals surface area contributed by atoms with Crippen LogP contribution in [0.1, 0.15) is 29.6 Å². The van der Waals surface area contributed by atoms with Crippen LogP contribution < -0.4 is 14.8 Å². The lowest BCUT2D eigenvalue weighted by Gasteiger charge is -2.32. The van der Waals surface area contributed by atoms with E-state index in [-0.39, 0.29) is 12.1 Å². The standard InChI is InChI=1S/C19H19IN4O2/c1-25-17-5-3-4-14(18(17)26-2)16-10-15(12-6-8-13(20)9-7-12)23-19-21-11-22-24(16)19/h3-9,11,15-16H,10H2,1-2H3,(H,21,22,23)/t15-,16+/m0/s1. The van der Waals surface area contributed by atoms with Crippen LogP contribution >= 0.6 is 22.6 Å². The van der Waals surface area contributed by atoms with Crippen molar-refractivity contribution >= 4 is 28.5 Å². The molecule has 0 aliphatic carbocycles. The van der Waals surface area contributed by atoms with Crippen LogP contribution in [0.2, 0.25) is 0 Å². The summed E-state index contributed by atoms with van der Waals surface area (Å²) >= 11 is 2.32. The molecular formula is C19H19IN4O2. The second-order valence-corrected chi connectivity index (χ2v) is 7.36. The molecule has 1 N–H and O–H groups in total. The maximum atomic E-state index is 5.66. The lowest BCUT2D eigenvalue weighted by molar-refractivity contribution is 0.340. The van der Waals surface area contributed by atoms with Gasteiger partial charge < -0.3 is 14.8 Å². The number of rotatable bonds is 4. The van der Waals surface area contributed by atoms with Gasteiger partial charge in [0, 0.05) is 9.13 Å². The zero-order valence-corrected chi connectivity index (χ0v) is 16.7. The van der Waals surface area contributed by atoms with Crippen molar-refractivity contribution in [3.63, 3.8) is 0 Å². The smallest absolute Gasteiger partial charge is 0.222 e. The highest BCUT2D eigenvalue weighted by Gasteiger charge is 2.32. The van der Waals surface area contributed by atoms with E-state index in [1.807, 2.05) is 16.8 Å². The fraction of sp³-hybridized carbons (Fsp3) is 0.263. The first-order valence-corrected chi connectivity index (χ1v) is 9.41. The van der Waals surface area contributed by atoms with E-state index in [0.29, 0.717) is 0 Å². The number of hydrogen-bond donors (Lipinski definition) is 1. The molecular weight excluding hydrogens is 443 g/mol. The first-order valence-electron chi connectivity index (χ1n) is 8.33. The fourth-order valence-corrected chi connectivity index (χ4v) is 3.83. The molecule has 1 aromatic heterocycles. The molecule has 6 nitrogen and oxygen atoms in total. The Kier molecular flexibility index (Phi) is 4.71. The second-order valence-electron chi connectivity index (χ2n) is 6.11. The third-order valence-corrected chi connectivity index (χ3v) is 5.41. The number of anilines is 1. The van der Waals surface area contributed by atoms with Crippen molar-refractivity contribution in [2.45, 2.75) is 18.5 Å². The summed E-state index contributed by atoms with van der Waals surface area (Å²) in [7, 11) is 3.32. The molecule has 3 aromatic rings. The molecule has 0 amide bonds. The molecule has 134 valence electrons. The molecule has 0 spiro atoms. The quantitative estimate of drug-likeness (QED) is 0.593. The molecule has 1 aliphatic rings. The van der Waals surface area contributed by atoms with Gasteiger partial charge in [-0.3, -0.25) is 0 Å². The number of nitrogens with zero attached hydrogens (tertiary/aromatic N) is 3. The van der Waals surface area contributed by atoms with Gasteiger partial charge in [-0.05, 0) is 52.8 Å². The van der Waals surface area contributed by atoms with Crippen LogP contribution in [0.15, 0.2) is 48.8 Å². The Labute approximate surface area is 165 Å². The van der Waals surface area contributed by atoms with Crippen LogP contribution in [0.3, 0.4) is 0 Å². The highest BCUT2D eigenvalue weighted by Crippen LogP contribution is 2.43. The van der Waals surface area contributed by atoms with Gasteiger partial charge in [-0.25, -0.2) is 4.68 Å². The zero-order valence-electron chi connectivity index (χ0n) is 14.5. The SMILES string of the molecule is COc1cccc([C@H]2C[C@@H](c3ccc(I)cc3)Nc3ncnn32)c1OC. The maximum absolute atomic E-state index is 5.66. The van der Waals surface area contributed by atoms with E-state index in [1.54, 1.807) is 20.5 Å². The van der Waals surface area contributed by atoms with Gasteiger partial charge in [-0.2, -0.15) is 10.1 Å². The number of para-hydroxylation sites is 1. The molecule has 26 heavy (non-hydrogen) atoms. The minimum absolute atomic E-state index is 0.00285. The Morgan fingerprint density at radius 3 is 2.65 bits per heavy atom. The average Bonchev–Trinajstić information content (AvgIpc) is 3.15. The van der Waals surface area contributed by atoms with Gasteiger partial charge in [0.2, 0.25) is 5.95 Å². The molecule has 7 heteroatoms. The van der Waals surface area contributed by atoms with Crippen molar-refractivity contribution in [1.82, 2.24) is 14.8 Å². The molecule has 0 fully saturated rings. The van der Waals surface area contributed by atoms with Gasteiger partial charge in [0.25, 0.3) is 0 Å². The van der Waals surface area contributed by atoms with Gasteiger partial charge in [-0.1, -0.05) is 24.3 Å². The van der Waals surface area contributed by atoms with E-state index in [4.69, 9.17) is 9.47 Å². The predicted octanol–water partition coefficient (Wildman–Crippen LogP) is 4.05. The van der Waals surface area contributed by atoms with Crippen molar-refractivity contribution in [1.29, 1.82) is 0 Å². The number of benzene rings is 2. The Bertz CT molecular complexity index is 910. The third-order valence-electron chi connectivity index (χ3n) is 4.70. The molecule has 0 saturated heterocycles. The van der Waals surface area contributed by atoms with Crippen LogP contribution in [-0.4, -0.2) is 29.0 Å². The third kappa shape index (κ3) is 3.00. The van der Waals surface area contributed by atoms with E-state index in [0.717, 1.165) is 29.4 Å². The molecule has 0 bridgehead atoms. The van der Waals surface area contributed by atoms with Crippen LogP contribution in [0, 0.1) is 3.57 Å². The summed E-state index contributed by atoms with van der Waals surface area (Å²) in [6.45, 7) is 0. The minimum atomic E-state index is 0.00285. The van der Waals surface area contributed by atoms with Crippen molar-refractivity contribution in [2.24, 2.45) is 0 Å². The highest BCUT2D eigenvalue weighted by molar-refractivity contribution is 14.1. The minimum Gasteiger partial charge on any atom is -0.493 e. The first kappa shape index (κ1) is 17.1. The zero-order chi connectivity index (χ0) is 18.1. The summed E-state index contributed by atoms with van der Waals surface area (Å²) in [4.78, 5) is 4.39. The summed E-state index contributed by atoms with van der Waals surface area (Å²) in [5, 5.41) is 7.93. The summed E-state index contributed by atoms with van der Waals surface area (Å²) in [6, 6.07) is 14.7. The van der Waals surface area contributed by atoms with E-state index in [1.165, 1.54) is 9.13 Å². The topological polar surface area (TPSA) is 61.2 Å². The predicted molar refractivity (Wildman–Crippen MR) is 108 cm³/mol. The molecule has 0 unspecified atom stereocenters. The monoisotopic (exact) mass is 462 g/mol. The van der Waals surface area contributed by atoms with E-state index in [9.17, 15) is 0 Å². The number of ether oxygens (including phenoxy) is 2. The number of methoxy groups -OCH3 is 2. The molecule has 4 rings (SSSR count). The Morgan fingerprint density at radius 1 is 1.12 bits per heavy atom. The second kappa shape index (κ2) is 7.14. The number of halogens is 1. The van der Waals surface area contributed by atoms with Gasteiger partial charge in [0.05, 0.1) is 26.3 Å². The largest absolute Gasteiger partial charge is 0.493 e. The normalized spacial score (nSPS) is 18.7. The van der Waals surface area contributed by atoms with Gasteiger partial charge in [-0.15, -0.1) is 0 Å². The first-order chi connectivity index (χ1) is 12.7. The van der Waals surface area contributed by atoms with Crippen LogP contribution in [-0.2, 0) is 0 Å². The number of hydrogen-bond acceptors (Lipinski definition) is 5. The van der Waals surface area contributed by atoms with Gasteiger partial charge in [0.15, 0.2) is 11.5 Å². The van der Waals surface area contributed by atoms with Crippen molar-refractivity contribution in [3.8, 4) is 11.5 Å². The Morgan fingerprint density at radius 2 is 1.92 bits per heavy atom. The fourth-order valence-electron chi connectivity index (χ4n) is 3.47. The Balaban J connectivity index is 1.78. The van der Waals surface area contributed by atoms with Crippen molar-refractivity contribution in [3.05, 3.63) is 63.5 Å². The maximum Gasteiger partial charge on any atom is 0.222 e. The summed E-state index contributed by atoms with van der Waals surface area (Å²) in [6.07, 6.45) is 2.42. The molecule has 1 aliphatic heterocycles. The summed E-state index contributed by atoms with van der Waals surface area (Å²) in [5.74, 6) is 2.22. The van der Waals surface area contributed by atoms with Crippen molar-refractivity contribution in [2.75, 3.05) is 19.5 Å². The molecule has 0 radical (unpaired) electrons. The number of nitrogens with one attached hydrogen (secondary N) is 1. The average molecular weight is 462 g/mol. The molecule has 2 aromatic carbocycles. The lowest BCUT2D eigenvalue weighted by atomic mass is 9.92. The summed E-state index contributed by atoms with van der Waals surface area (Å²) in [5.41, 5.74) is 2.27. The van der Waals surface area contributed by atoms with Gasteiger partial charge in [0.1, 0.15) is 6.33 Å². The van der Waals surface area contributed by atoms with E-state index in [2.05, 4.69) is 68.3 Å². The molecule has 2 atom stereocenters. The van der Waals surface area contributed by atoms with Crippen LogP contribution in [0.25, 0.3) is 0 Å². The van der Waals surface area contributed by atoms with Crippen molar-refractivity contribution < 1.29 is 9.47 Å².